The Hall–Kier alpha value is -3.87. The van der Waals surface area contributed by atoms with Gasteiger partial charge in [-0.1, -0.05) is 30.3 Å². The molecule has 0 aliphatic carbocycles. The molecule has 0 spiro atoms. The summed E-state index contributed by atoms with van der Waals surface area (Å²) in [7, 11) is 1.56. The minimum atomic E-state index is -0.473. The van der Waals surface area contributed by atoms with E-state index in [1.165, 1.54) is 18.2 Å². The molecular weight excluding hydrogens is 360 g/mol. The molecule has 0 saturated carbocycles. The van der Waals surface area contributed by atoms with Gasteiger partial charge in [-0.3, -0.25) is 14.9 Å². The summed E-state index contributed by atoms with van der Waals surface area (Å²) in [6, 6.07) is 20.3. The summed E-state index contributed by atoms with van der Waals surface area (Å²) in [5, 5.41) is 13.9. The van der Waals surface area contributed by atoms with Gasteiger partial charge in [0.25, 0.3) is 11.6 Å². The average molecular weight is 378 g/mol. The first-order valence-electron chi connectivity index (χ1n) is 8.47. The highest BCUT2D eigenvalue weighted by molar-refractivity contribution is 5.92. The van der Waals surface area contributed by atoms with Gasteiger partial charge in [0.1, 0.15) is 11.5 Å². The normalized spacial score (nSPS) is 10.2. The second-order valence-electron chi connectivity index (χ2n) is 5.87. The van der Waals surface area contributed by atoms with Gasteiger partial charge in [-0.25, -0.2) is 0 Å². The van der Waals surface area contributed by atoms with E-state index >= 15 is 0 Å². The second-order valence-corrected chi connectivity index (χ2v) is 5.87. The van der Waals surface area contributed by atoms with Crippen molar-refractivity contribution in [3.63, 3.8) is 0 Å². The summed E-state index contributed by atoms with van der Waals surface area (Å²) in [5.41, 5.74) is 1.83. The van der Waals surface area contributed by atoms with E-state index in [4.69, 9.17) is 9.47 Å². The number of para-hydroxylation sites is 1. The highest BCUT2D eigenvalue weighted by Gasteiger charge is 2.15. The Labute approximate surface area is 161 Å². The SMILES string of the molecule is COc1ccc(-c2cc([N+](=O)[O-])ccc2OCC(=O)Nc2ccccc2)cc1. The molecule has 0 saturated heterocycles. The largest absolute Gasteiger partial charge is 0.497 e. The van der Waals surface area contributed by atoms with Crippen LogP contribution in [0.25, 0.3) is 11.1 Å². The maximum atomic E-state index is 12.1. The van der Waals surface area contributed by atoms with Crippen molar-refractivity contribution >= 4 is 17.3 Å². The fraction of sp³-hybridized carbons (Fsp3) is 0.0952. The molecule has 0 aromatic heterocycles. The number of carbonyl (C=O) groups excluding carboxylic acids is 1. The molecule has 0 unspecified atom stereocenters. The minimum Gasteiger partial charge on any atom is -0.497 e. The first-order valence-corrected chi connectivity index (χ1v) is 8.47. The molecule has 1 N–H and O–H groups in total. The first-order chi connectivity index (χ1) is 13.6. The molecule has 28 heavy (non-hydrogen) atoms. The number of rotatable bonds is 7. The van der Waals surface area contributed by atoms with E-state index in [0.29, 0.717) is 28.3 Å². The number of nitro benzene ring substituents is 1. The lowest BCUT2D eigenvalue weighted by Crippen LogP contribution is -2.20. The van der Waals surface area contributed by atoms with Crippen molar-refractivity contribution in [3.05, 3.63) is 82.9 Å². The van der Waals surface area contributed by atoms with E-state index < -0.39 is 4.92 Å². The van der Waals surface area contributed by atoms with E-state index in [1.807, 2.05) is 18.2 Å². The van der Waals surface area contributed by atoms with Gasteiger partial charge in [0.05, 0.1) is 12.0 Å². The zero-order valence-corrected chi connectivity index (χ0v) is 15.1. The van der Waals surface area contributed by atoms with E-state index in [0.717, 1.165) is 0 Å². The second kappa shape index (κ2) is 8.68. The van der Waals surface area contributed by atoms with Crippen LogP contribution in [-0.4, -0.2) is 24.5 Å². The summed E-state index contributed by atoms with van der Waals surface area (Å²) in [4.78, 5) is 22.8. The number of nitrogens with one attached hydrogen (secondary N) is 1. The van der Waals surface area contributed by atoms with Crippen LogP contribution < -0.4 is 14.8 Å². The lowest BCUT2D eigenvalue weighted by molar-refractivity contribution is -0.384. The molecule has 0 aliphatic rings. The molecule has 7 heteroatoms. The predicted octanol–water partition coefficient (Wildman–Crippen LogP) is 4.29. The van der Waals surface area contributed by atoms with Crippen molar-refractivity contribution in [2.45, 2.75) is 0 Å². The quantitative estimate of drug-likeness (QED) is 0.489. The van der Waals surface area contributed by atoms with Crippen LogP contribution in [0.4, 0.5) is 11.4 Å². The number of amides is 1. The van der Waals surface area contributed by atoms with Crippen LogP contribution >= 0.6 is 0 Å². The van der Waals surface area contributed by atoms with Crippen LogP contribution in [0.2, 0.25) is 0 Å². The molecular formula is C21H18N2O5. The van der Waals surface area contributed by atoms with Crippen LogP contribution in [0, 0.1) is 10.1 Å². The smallest absolute Gasteiger partial charge is 0.270 e. The van der Waals surface area contributed by atoms with Crippen molar-refractivity contribution in [2.75, 3.05) is 19.0 Å². The van der Waals surface area contributed by atoms with Crippen molar-refractivity contribution < 1.29 is 19.2 Å². The highest BCUT2D eigenvalue weighted by Crippen LogP contribution is 2.34. The molecule has 0 radical (unpaired) electrons. The maximum absolute atomic E-state index is 12.1. The van der Waals surface area contributed by atoms with E-state index in [1.54, 1.807) is 43.5 Å². The number of carbonyl (C=O) groups is 1. The van der Waals surface area contributed by atoms with Gasteiger partial charge in [-0.15, -0.1) is 0 Å². The highest BCUT2D eigenvalue weighted by atomic mass is 16.6. The van der Waals surface area contributed by atoms with Crippen LogP contribution in [0.3, 0.4) is 0 Å². The third-order valence-electron chi connectivity index (χ3n) is 3.99. The number of ether oxygens (including phenoxy) is 2. The van der Waals surface area contributed by atoms with Crippen molar-refractivity contribution in [1.82, 2.24) is 0 Å². The number of benzene rings is 3. The van der Waals surface area contributed by atoms with Gasteiger partial charge in [-0.2, -0.15) is 0 Å². The standard InChI is InChI=1S/C21H18N2O5/c1-27-18-10-7-15(8-11-18)19-13-17(23(25)26)9-12-20(19)28-14-21(24)22-16-5-3-2-4-6-16/h2-13H,14H2,1H3,(H,22,24). The third kappa shape index (κ3) is 4.64. The van der Waals surface area contributed by atoms with Crippen LogP contribution in [-0.2, 0) is 4.79 Å². The lowest BCUT2D eigenvalue weighted by Gasteiger charge is -2.12. The lowest BCUT2D eigenvalue weighted by atomic mass is 10.0. The van der Waals surface area contributed by atoms with Gasteiger partial charge >= 0.3 is 0 Å². The van der Waals surface area contributed by atoms with Gasteiger partial charge in [-0.05, 0) is 35.9 Å². The fourth-order valence-corrected chi connectivity index (χ4v) is 2.62. The number of methoxy groups -OCH3 is 1. The van der Waals surface area contributed by atoms with Crippen molar-refractivity contribution in [3.8, 4) is 22.6 Å². The van der Waals surface area contributed by atoms with Crippen molar-refractivity contribution in [2.24, 2.45) is 0 Å². The molecule has 3 aromatic rings. The zero-order chi connectivity index (χ0) is 19.9. The molecule has 3 aromatic carbocycles. The number of hydrogen-bond acceptors (Lipinski definition) is 5. The Morgan fingerprint density at radius 3 is 2.39 bits per heavy atom. The Balaban J connectivity index is 1.81. The van der Waals surface area contributed by atoms with Gasteiger partial charge in [0.2, 0.25) is 0 Å². The molecule has 0 bridgehead atoms. The summed E-state index contributed by atoms with van der Waals surface area (Å²) in [5.74, 6) is 0.711. The molecule has 0 heterocycles. The number of hydrogen-bond donors (Lipinski definition) is 1. The molecule has 1 amide bonds. The molecule has 3 rings (SSSR count). The summed E-state index contributed by atoms with van der Waals surface area (Å²) in [6.45, 7) is -0.226. The third-order valence-corrected chi connectivity index (χ3v) is 3.99. The summed E-state index contributed by atoms with van der Waals surface area (Å²) >= 11 is 0. The van der Waals surface area contributed by atoms with E-state index in [9.17, 15) is 14.9 Å². The topological polar surface area (TPSA) is 90.7 Å². The van der Waals surface area contributed by atoms with Gasteiger partial charge in [0.15, 0.2) is 6.61 Å². The fourth-order valence-electron chi connectivity index (χ4n) is 2.62. The van der Waals surface area contributed by atoms with Gasteiger partial charge in [0, 0.05) is 23.4 Å². The Bertz CT molecular complexity index is 972. The zero-order valence-electron chi connectivity index (χ0n) is 15.1. The summed E-state index contributed by atoms with van der Waals surface area (Å²) < 4.78 is 10.8. The average Bonchev–Trinajstić information content (AvgIpc) is 2.73. The Kier molecular flexibility index (Phi) is 5.86. The predicted molar refractivity (Wildman–Crippen MR) is 106 cm³/mol. The van der Waals surface area contributed by atoms with E-state index in [-0.39, 0.29) is 18.2 Å². The van der Waals surface area contributed by atoms with Crippen LogP contribution in [0.15, 0.2) is 72.8 Å². The molecule has 0 fully saturated rings. The number of non-ortho nitro benzene ring substituents is 1. The molecule has 7 nitrogen and oxygen atoms in total. The Morgan fingerprint density at radius 1 is 1.04 bits per heavy atom. The van der Waals surface area contributed by atoms with Crippen LogP contribution in [0.5, 0.6) is 11.5 Å². The molecule has 0 atom stereocenters. The van der Waals surface area contributed by atoms with Gasteiger partial charge < -0.3 is 14.8 Å². The molecule has 0 aliphatic heterocycles. The monoisotopic (exact) mass is 378 g/mol. The Morgan fingerprint density at radius 2 is 1.75 bits per heavy atom. The van der Waals surface area contributed by atoms with E-state index in [2.05, 4.69) is 5.32 Å². The summed E-state index contributed by atoms with van der Waals surface area (Å²) in [6.07, 6.45) is 0. The maximum Gasteiger partial charge on any atom is 0.270 e. The molecule has 142 valence electrons. The van der Waals surface area contributed by atoms with Crippen molar-refractivity contribution in [1.29, 1.82) is 0 Å². The number of nitro groups is 1. The first kappa shape index (κ1) is 18.9. The minimum absolute atomic E-state index is 0.0631. The van der Waals surface area contributed by atoms with Crippen LogP contribution in [0.1, 0.15) is 0 Å². The number of anilines is 1. The number of nitrogens with zero attached hydrogens (tertiary/aromatic N) is 1.